The smallest absolute Gasteiger partial charge is 0.123 e. The van der Waals surface area contributed by atoms with E-state index in [0.717, 1.165) is 11.1 Å². The predicted molar refractivity (Wildman–Crippen MR) is 76.0 cm³/mol. The van der Waals surface area contributed by atoms with Crippen molar-refractivity contribution < 1.29 is 9.13 Å². The van der Waals surface area contributed by atoms with Crippen molar-refractivity contribution in [2.24, 2.45) is 0 Å². The van der Waals surface area contributed by atoms with Gasteiger partial charge in [-0.2, -0.15) is 0 Å². The number of benzene rings is 2. The SMILES string of the molecule is Fc1cccc(C(CCl)COCc2ccccc2)c1. The van der Waals surface area contributed by atoms with Crippen molar-refractivity contribution in [1.29, 1.82) is 0 Å². The molecule has 0 aliphatic rings. The summed E-state index contributed by atoms with van der Waals surface area (Å²) in [5.41, 5.74) is 2.00. The highest BCUT2D eigenvalue weighted by atomic mass is 35.5. The molecule has 1 nitrogen and oxygen atoms in total. The molecular formula is C16H16ClFO. The monoisotopic (exact) mass is 278 g/mol. The first-order valence-corrected chi connectivity index (χ1v) is 6.76. The molecule has 0 aliphatic heterocycles. The summed E-state index contributed by atoms with van der Waals surface area (Å²) in [6.45, 7) is 1.03. The van der Waals surface area contributed by atoms with Crippen LogP contribution in [0.3, 0.4) is 0 Å². The molecule has 100 valence electrons. The fourth-order valence-corrected chi connectivity index (χ4v) is 2.15. The van der Waals surface area contributed by atoms with Gasteiger partial charge in [0.05, 0.1) is 13.2 Å². The minimum absolute atomic E-state index is 0.0149. The molecule has 0 amide bonds. The molecule has 0 spiro atoms. The summed E-state index contributed by atoms with van der Waals surface area (Å²) < 4.78 is 18.8. The van der Waals surface area contributed by atoms with E-state index in [2.05, 4.69) is 0 Å². The first-order chi connectivity index (χ1) is 9.29. The van der Waals surface area contributed by atoms with E-state index in [1.807, 2.05) is 36.4 Å². The molecular weight excluding hydrogens is 263 g/mol. The van der Waals surface area contributed by atoms with E-state index in [-0.39, 0.29) is 11.7 Å². The fourth-order valence-electron chi connectivity index (χ4n) is 1.88. The zero-order chi connectivity index (χ0) is 13.5. The van der Waals surface area contributed by atoms with Gasteiger partial charge in [0.2, 0.25) is 0 Å². The summed E-state index contributed by atoms with van der Waals surface area (Å²) in [5, 5.41) is 0. The normalized spacial score (nSPS) is 12.3. The van der Waals surface area contributed by atoms with Crippen LogP contribution in [-0.4, -0.2) is 12.5 Å². The van der Waals surface area contributed by atoms with E-state index >= 15 is 0 Å². The standard InChI is InChI=1S/C16H16ClFO/c17-10-15(14-7-4-8-16(18)9-14)12-19-11-13-5-2-1-3-6-13/h1-9,15H,10-12H2. The van der Waals surface area contributed by atoms with Crippen LogP contribution in [0, 0.1) is 5.82 Å². The van der Waals surface area contributed by atoms with Crippen molar-refractivity contribution in [2.75, 3.05) is 12.5 Å². The lowest BCUT2D eigenvalue weighted by Crippen LogP contribution is -2.10. The predicted octanol–water partition coefficient (Wildman–Crippen LogP) is 4.36. The van der Waals surface area contributed by atoms with Gasteiger partial charge in [0.1, 0.15) is 5.82 Å². The Morgan fingerprint density at radius 2 is 1.84 bits per heavy atom. The molecule has 0 aliphatic carbocycles. The zero-order valence-electron chi connectivity index (χ0n) is 10.6. The Balaban J connectivity index is 1.89. The molecule has 0 saturated heterocycles. The lowest BCUT2D eigenvalue weighted by atomic mass is 10.0. The molecule has 2 aromatic rings. The van der Waals surface area contributed by atoms with Gasteiger partial charge >= 0.3 is 0 Å². The van der Waals surface area contributed by atoms with Gasteiger partial charge in [-0.05, 0) is 23.3 Å². The quantitative estimate of drug-likeness (QED) is 0.713. The molecule has 2 rings (SSSR count). The van der Waals surface area contributed by atoms with Gasteiger partial charge in [0.25, 0.3) is 0 Å². The second-order valence-electron chi connectivity index (χ2n) is 4.41. The number of ether oxygens (including phenoxy) is 1. The van der Waals surface area contributed by atoms with Crippen LogP contribution in [0.25, 0.3) is 0 Å². The van der Waals surface area contributed by atoms with Crippen LogP contribution in [0.2, 0.25) is 0 Å². The van der Waals surface area contributed by atoms with E-state index in [1.54, 1.807) is 6.07 Å². The van der Waals surface area contributed by atoms with Crippen LogP contribution in [0.5, 0.6) is 0 Å². The third-order valence-corrected chi connectivity index (χ3v) is 3.31. The van der Waals surface area contributed by atoms with E-state index in [0.29, 0.717) is 19.1 Å². The number of rotatable bonds is 6. The largest absolute Gasteiger partial charge is 0.376 e. The fraction of sp³-hybridized carbons (Fsp3) is 0.250. The molecule has 3 heteroatoms. The summed E-state index contributed by atoms with van der Waals surface area (Å²) in [6, 6.07) is 16.5. The Kier molecular flexibility index (Phi) is 5.37. The Hall–Kier alpha value is -1.38. The summed E-state index contributed by atoms with van der Waals surface area (Å²) in [5.74, 6) is 0.190. The lowest BCUT2D eigenvalue weighted by molar-refractivity contribution is 0.111. The molecule has 0 fully saturated rings. The highest BCUT2D eigenvalue weighted by molar-refractivity contribution is 6.18. The Labute approximate surface area is 118 Å². The van der Waals surface area contributed by atoms with E-state index in [9.17, 15) is 4.39 Å². The molecule has 2 aromatic carbocycles. The maximum atomic E-state index is 13.2. The van der Waals surface area contributed by atoms with Crippen molar-refractivity contribution in [3.05, 3.63) is 71.5 Å². The third-order valence-electron chi connectivity index (χ3n) is 2.94. The van der Waals surface area contributed by atoms with Crippen molar-refractivity contribution in [1.82, 2.24) is 0 Å². The highest BCUT2D eigenvalue weighted by Gasteiger charge is 2.11. The van der Waals surface area contributed by atoms with Gasteiger partial charge in [-0.1, -0.05) is 42.5 Å². The van der Waals surface area contributed by atoms with Crippen molar-refractivity contribution in [2.45, 2.75) is 12.5 Å². The first-order valence-electron chi connectivity index (χ1n) is 6.22. The molecule has 0 radical (unpaired) electrons. The molecule has 0 aromatic heterocycles. The van der Waals surface area contributed by atoms with Crippen LogP contribution in [0.15, 0.2) is 54.6 Å². The Morgan fingerprint density at radius 1 is 1.05 bits per heavy atom. The average molecular weight is 279 g/mol. The summed E-state index contributed by atoms with van der Waals surface area (Å²) in [7, 11) is 0. The van der Waals surface area contributed by atoms with E-state index < -0.39 is 0 Å². The number of halogens is 2. The van der Waals surface area contributed by atoms with Crippen molar-refractivity contribution >= 4 is 11.6 Å². The highest BCUT2D eigenvalue weighted by Crippen LogP contribution is 2.19. The number of hydrogen-bond acceptors (Lipinski definition) is 1. The lowest BCUT2D eigenvalue weighted by Gasteiger charge is -2.15. The van der Waals surface area contributed by atoms with E-state index in [1.165, 1.54) is 12.1 Å². The summed E-state index contributed by atoms with van der Waals surface area (Å²) in [6.07, 6.45) is 0. The second kappa shape index (κ2) is 7.27. The van der Waals surface area contributed by atoms with Crippen LogP contribution >= 0.6 is 11.6 Å². The van der Waals surface area contributed by atoms with Crippen molar-refractivity contribution in [3.63, 3.8) is 0 Å². The summed E-state index contributed by atoms with van der Waals surface area (Å²) in [4.78, 5) is 0. The molecule has 0 heterocycles. The van der Waals surface area contributed by atoms with Gasteiger partial charge in [0.15, 0.2) is 0 Å². The molecule has 0 N–H and O–H groups in total. The van der Waals surface area contributed by atoms with E-state index in [4.69, 9.17) is 16.3 Å². The number of hydrogen-bond donors (Lipinski definition) is 0. The van der Waals surface area contributed by atoms with Gasteiger partial charge < -0.3 is 4.74 Å². The van der Waals surface area contributed by atoms with Crippen molar-refractivity contribution in [3.8, 4) is 0 Å². The first kappa shape index (κ1) is 14.0. The van der Waals surface area contributed by atoms with Crippen LogP contribution in [0.4, 0.5) is 4.39 Å². The molecule has 19 heavy (non-hydrogen) atoms. The minimum atomic E-state index is -0.240. The number of alkyl halides is 1. The molecule has 0 saturated carbocycles. The topological polar surface area (TPSA) is 9.23 Å². The van der Waals surface area contributed by atoms with Gasteiger partial charge in [0, 0.05) is 11.8 Å². The third kappa shape index (κ3) is 4.34. The van der Waals surface area contributed by atoms with Crippen LogP contribution < -0.4 is 0 Å². The van der Waals surface area contributed by atoms with Gasteiger partial charge in [-0.25, -0.2) is 4.39 Å². The Bertz CT molecular complexity index is 501. The zero-order valence-corrected chi connectivity index (χ0v) is 11.3. The molecule has 1 unspecified atom stereocenters. The Morgan fingerprint density at radius 3 is 2.53 bits per heavy atom. The van der Waals surface area contributed by atoms with Gasteiger partial charge in [-0.15, -0.1) is 11.6 Å². The minimum Gasteiger partial charge on any atom is -0.376 e. The van der Waals surface area contributed by atoms with Crippen LogP contribution in [-0.2, 0) is 11.3 Å². The summed E-state index contributed by atoms with van der Waals surface area (Å²) >= 11 is 5.93. The van der Waals surface area contributed by atoms with Crippen LogP contribution in [0.1, 0.15) is 17.0 Å². The average Bonchev–Trinajstić information content (AvgIpc) is 2.45. The maximum Gasteiger partial charge on any atom is 0.123 e. The second-order valence-corrected chi connectivity index (χ2v) is 4.72. The maximum absolute atomic E-state index is 13.2. The molecule has 0 bridgehead atoms. The van der Waals surface area contributed by atoms with Gasteiger partial charge in [-0.3, -0.25) is 0 Å². The molecule has 1 atom stereocenters.